The summed E-state index contributed by atoms with van der Waals surface area (Å²) in [5.41, 5.74) is 1.38. The second kappa shape index (κ2) is 6.64. The Labute approximate surface area is 112 Å². The molecule has 4 nitrogen and oxygen atoms in total. The number of thioether (sulfide) groups is 1. The molecule has 1 unspecified atom stereocenters. The fourth-order valence-corrected chi connectivity index (χ4v) is 2.52. The zero-order valence-corrected chi connectivity index (χ0v) is 12.1. The molecule has 1 heterocycles. The van der Waals surface area contributed by atoms with Crippen LogP contribution in [0, 0.1) is 19.8 Å². The number of aromatic nitrogens is 1. The van der Waals surface area contributed by atoms with E-state index in [1.54, 1.807) is 25.6 Å². The van der Waals surface area contributed by atoms with Crippen molar-refractivity contribution in [3.05, 3.63) is 33.2 Å². The summed E-state index contributed by atoms with van der Waals surface area (Å²) in [7, 11) is 0. The summed E-state index contributed by atoms with van der Waals surface area (Å²) >= 11 is 1.75. The minimum absolute atomic E-state index is 0.219. The third kappa shape index (κ3) is 3.91. The average Bonchev–Trinajstić information content (AvgIpc) is 2.25. The number of carbonyl (C=O) groups excluding carboxylic acids is 1. The highest BCUT2D eigenvalue weighted by atomic mass is 32.2. The Balaban J connectivity index is 2.76. The van der Waals surface area contributed by atoms with Gasteiger partial charge in [-0.05, 0) is 43.4 Å². The summed E-state index contributed by atoms with van der Waals surface area (Å²) < 4.78 is 0. The molecule has 1 aromatic heterocycles. The second-order valence-electron chi connectivity index (χ2n) is 4.61. The van der Waals surface area contributed by atoms with Crippen molar-refractivity contribution in [3.63, 3.8) is 0 Å². The van der Waals surface area contributed by atoms with E-state index in [0.717, 1.165) is 11.4 Å². The molecule has 1 atom stereocenters. The molecule has 0 aromatic carbocycles. The SMILES string of the molecule is CSCC(C)CNC(=O)c1c(C)cc(C)[nH]c1=O. The highest BCUT2D eigenvalue weighted by Crippen LogP contribution is 2.05. The Morgan fingerprint density at radius 3 is 2.72 bits per heavy atom. The first-order valence-corrected chi connectivity index (χ1v) is 7.32. The summed E-state index contributed by atoms with van der Waals surface area (Å²) in [6, 6.07) is 1.81. The Hall–Kier alpha value is -1.23. The molecule has 5 heteroatoms. The molecule has 0 fully saturated rings. The number of rotatable bonds is 5. The average molecular weight is 268 g/mol. The first-order valence-electron chi connectivity index (χ1n) is 5.93. The molecule has 0 aliphatic rings. The molecule has 1 amide bonds. The van der Waals surface area contributed by atoms with E-state index >= 15 is 0 Å². The molecule has 0 spiro atoms. The van der Waals surface area contributed by atoms with Gasteiger partial charge in [0, 0.05) is 12.2 Å². The van der Waals surface area contributed by atoms with Gasteiger partial charge < -0.3 is 10.3 Å². The summed E-state index contributed by atoms with van der Waals surface area (Å²) in [4.78, 5) is 26.4. The van der Waals surface area contributed by atoms with E-state index in [2.05, 4.69) is 17.2 Å². The Morgan fingerprint density at radius 2 is 2.17 bits per heavy atom. The lowest BCUT2D eigenvalue weighted by atomic mass is 10.1. The summed E-state index contributed by atoms with van der Waals surface area (Å²) in [6.07, 6.45) is 2.03. The number of hydrogen-bond donors (Lipinski definition) is 2. The largest absolute Gasteiger partial charge is 0.352 e. The fourth-order valence-electron chi connectivity index (χ4n) is 1.83. The van der Waals surface area contributed by atoms with Crippen LogP contribution < -0.4 is 10.9 Å². The lowest BCUT2D eigenvalue weighted by Crippen LogP contribution is -2.34. The van der Waals surface area contributed by atoms with Crippen molar-refractivity contribution in [2.75, 3.05) is 18.6 Å². The smallest absolute Gasteiger partial charge is 0.261 e. The molecule has 0 bridgehead atoms. The summed E-state index contributed by atoms with van der Waals surface area (Å²) in [6.45, 7) is 6.24. The van der Waals surface area contributed by atoms with Gasteiger partial charge in [0.1, 0.15) is 5.56 Å². The van der Waals surface area contributed by atoms with Gasteiger partial charge in [0.15, 0.2) is 0 Å². The quantitative estimate of drug-likeness (QED) is 0.854. The van der Waals surface area contributed by atoms with Crippen molar-refractivity contribution in [2.24, 2.45) is 5.92 Å². The van der Waals surface area contributed by atoms with Crippen LogP contribution >= 0.6 is 11.8 Å². The summed E-state index contributed by atoms with van der Waals surface area (Å²) in [5, 5.41) is 2.81. The van der Waals surface area contributed by atoms with E-state index < -0.39 is 0 Å². The van der Waals surface area contributed by atoms with Crippen LogP contribution in [0.3, 0.4) is 0 Å². The number of hydrogen-bond acceptors (Lipinski definition) is 3. The molecule has 1 aromatic rings. The van der Waals surface area contributed by atoms with Crippen molar-refractivity contribution >= 4 is 17.7 Å². The van der Waals surface area contributed by atoms with Crippen molar-refractivity contribution in [1.29, 1.82) is 0 Å². The monoisotopic (exact) mass is 268 g/mol. The highest BCUT2D eigenvalue weighted by molar-refractivity contribution is 7.98. The second-order valence-corrected chi connectivity index (χ2v) is 5.52. The number of carbonyl (C=O) groups is 1. The van der Waals surface area contributed by atoms with E-state index in [1.807, 2.05) is 12.3 Å². The van der Waals surface area contributed by atoms with Crippen molar-refractivity contribution < 1.29 is 4.79 Å². The van der Waals surface area contributed by atoms with Crippen LogP contribution in [-0.2, 0) is 0 Å². The number of amides is 1. The minimum atomic E-state index is -0.317. The molecular formula is C13H20N2O2S. The summed E-state index contributed by atoms with van der Waals surface area (Å²) in [5.74, 6) is 1.10. The third-order valence-electron chi connectivity index (χ3n) is 2.65. The molecule has 0 saturated carbocycles. The zero-order valence-electron chi connectivity index (χ0n) is 11.3. The molecule has 0 saturated heterocycles. The normalized spacial score (nSPS) is 12.2. The third-order valence-corrected chi connectivity index (χ3v) is 3.56. The first-order chi connectivity index (χ1) is 8.45. The van der Waals surface area contributed by atoms with E-state index in [9.17, 15) is 9.59 Å². The maximum atomic E-state index is 12.0. The van der Waals surface area contributed by atoms with E-state index in [1.165, 1.54) is 0 Å². The maximum Gasteiger partial charge on any atom is 0.261 e. The van der Waals surface area contributed by atoms with Gasteiger partial charge in [0.2, 0.25) is 0 Å². The van der Waals surface area contributed by atoms with Crippen LogP contribution in [0.4, 0.5) is 0 Å². The van der Waals surface area contributed by atoms with Gasteiger partial charge in [-0.25, -0.2) is 0 Å². The van der Waals surface area contributed by atoms with Crippen molar-refractivity contribution in [2.45, 2.75) is 20.8 Å². The van der Waals surface area contributed by atoms with Crippen LogP contribution in [0.25, 0.3) is 0 Å². The van der Waals surface area contributed by atoms with Gasteiger partial charge in [0.05, 0.1) is 0 Å². The number of aromatic amines is 1. The lowest BCUT2D eigenvalue weighted by Gasteiger charge is -2.12. The molecule has 0 aliphatic heterocycles. The Bertz CT molecular complexity index is 482. The van der Waals surface area contributed by atoms with Gasteiger partial charge >= 0.3 is 0 Å². The van der Waals surface area contributed by atoms with Crippen LogP contribution in [0.5, 0.6) is 0 Å². The van der Waals surface area contributed by atoms with Crippen LogP contribution in [0.1, 0.15) is 28.5 Å². The van der Waals surface area contributed by atoms with E-state index in [0.29, 0.717) is 18.0 Å². The van der Waals surface area contributed by atoms with Gasteiger partial charge in [-0.1, -0.05) is 6.92 Å². The van der Waals surface area contributed by atoms with Crippen LogP contribution in [0.15, 0.2) is 10.9 Å². The Morgan fingerprint density at radius 1 is 1.50 bits per heavy atom. The maximum absolute atomic E-state index is 12.0. The highest BCUT2D eigenvalue weighted by Gasteiger charge is 2.14. The molecule has 18 heavy (non-hydrogen) atoms. The van der Waals surface area contributed by atoms with Crippen molar-refractivity contribution in [1.82, 2.24) is 10.3 Å². The van der Waals surface area contributed by atoms with Crippen LogP contribution in [0.2, 0.25) is 0 Å². The van der Waals surface area contributed by atoms with Gasteiger partial charge in [-0.2, -0.15) is 11.8 Å². The number of H-pyrrole nitrogens is 1. The predicted octanol–water partition coefficient (Wildman–Crippen LogP) is 1.72. The van der Waals surface area contributed by atoms with E-state index in [4.69, 9.17) is 0 Å². The molecular weight excluding hydrogens is 248 g/mol. The minimum Gasteiger partial charge on any atom is -0.352 e. The Kier molecular flexibility index (Phi) is 5.47. The van der Waals surface area contributed by atoms with Gasteiger partial charge in [-0.15, -0.1) is 0 Å². The zero-order chi connectivity index (χ0) is 13.7. The fraction of sp³-hybridized carbons (Fsp3) is 0.538. The molecule has 1 rings (SSSR count). The standard InChI is InChI=1S/C13H20N2O2S/c1-8(7-18-4)6-14-12(16)11-9(2)5-10(3)15-13(11)17/h5,8H,6-7H2,1-4H3,(H,14,16)(H,15,17). The lowest BCUT2D eigenvalue weighted by molar-refractivity contribution is 0.0947. The van der Waals surface area contributed by atoms with Crippen molar-refractivity contribution in [3.8, 4) is 0 Å². The predicted molar refractivity (Wildman–Crippen MR) is 76.4 cm³/mol. The number of nitrogens with one attached hydrogen (secondary N) is 2. The topological polar surface area (TPSA) is 62.0 Å². The number of aryl methyl sites for hydroxylation is 2. The number of pyridine rings is 1. The van der Waals surface area contributed by atoms with Gasteiger partial charge in [0.25, 0.3) is 11.5 Å². The van der Waals surface area contributed by atoms with Gasteiger partial charge in [-0.3, -0.25) is 9.59 Å². The van der Waals surface area contributed by atoms with Crippen LogP contribution in [-0.4, -0.2) is 29.4 Å². The molecule has 2 N–H and O–H groups in total. The molecule has 0 aliphatic carbocycles. The first kappa shape index (κ1) is 14.8. The molecule has 0 radical (unpaired) electrons. The molecule has 100 valence electrons. The van der Waals surface area contributed by atoms with E-state index in [-0.39, 0.29) is 17.0 Å².